The lowest BCUT2D eigenvalue weighted by Crippen LogP contribution is -2.37. The minimum absolute atomic E-state index is 0.0838. The number of nitrogens with one attached hydrogen (secondary N) is 1. The highest BCUT2D eigenvalue weighted by Crippen LogP contribution is 2.21. The molecule has 0 spiro atoms. The van der Waals surface area contributed by atoms with Gasteiger partial charge in [0.25, 0.3) is 11.6 Å². The first-order valence-electron chi connectivity index (χ1n) is 6.53. The van der Waals surface area contributed by atoms with E-state index >= 15 is 0 Å². The van der Waals surface area contributed by atoms with Crippen LogP contribution in [0.25, 0.3) is 0 Å². The third-order valence-electron chi connectivity index (χ3n) is 3.55. The van der Waals surface area contributed by atoms with Crippen molar-refractivity contribution in [3.63, 3.8) is 0 Å². The van der Waals surface area contributed by atoms with E-state index in [-0.39, 0.29) is 28.8 Å². The summed E-state index contributed by atoms with van der Waals surface area (Å²) in [6, 6.07) is 1.96. The first-order chi connectivity index (χ1) is 9.27. The van der Waals surface area contributed by atoms with E-state index in [2.05, 4.69) is 5.32 Å². The van der Waals surface area contributed by atoms with Crippen molar-refractivity contribution in [2.75, 3.05) is 0 Å². The number of halogens is 1. The van der Waals surface area contributed by atoms with Gasteiger partial charge in [-0.1, -0.05) is 20.3 Å². The largest absolute Gasteiger partial charge is 0.349 e. The van der Waals surface area contributed by atoms with Gasteiger partial charge in [0, 0.05) is 18.2 Å². The molecule has 5 nitrogen and oxygen atoms in total. The van der Waals surface area contributed by atoms with Crippen molar-refractivity contribution in [3.05, 3.63) is 39.2 Å². The second-order valence-electron chi connectivity index (χ2n) is 5.03. The predicted molar refractivity (Wildman–Crippen MR) is 74.2 cm³/mol. The summed E-state index contributed by atoms with van der Waals surface area (Å²) >= 11 is 0. The van der Waals surface area contributed by atoms with Crippen molar-refractivity contribution in [1.29, 1.82) is 0 Å². The van der Waals surface area contributed by atoms with Gasteiger partial charge < -0.3 is 5.32 Å². The Balaban J connectivity index is 3.06. The predicted octanol–water partition coefficient (Wildman–Crippen LogP) is 3.21. The molecule has 0 radical (unpaired) electrons. The molecule has 1 aromatic carbocycles. The van der Waals surface area contributed by atoms with E-state index in [1.807, 2.05) is 20.8 Å². The number of nitro groups is 1. The van der Waals surface area contributed by atoms with Crippen LogP contribution in [-0.2, 0) is 0 Å². The Morgan fingerprint density at radius 1 is 1.45 bits per heavy atom. The molecule has 1 amide bonds. The van der Waals surface area contributed by atoms with Crippen LogP contribution in [0.5, 0.6) is 0 Å². The molecule has 110 valence electrons. The summed E-state index contributed by atoms with van der Waals surface area (Å²) in [6.45, 7) is 7.19. The van der Waals surface area contributed by atoms with E-state index < -0.39 is 16.6 Å². The van der Waals surface area contributed by atoms with Gasteiger partial charge in [0.15, 0.2) is 0 Å². The third-order valence-corrected chi connectivity index (χ3v) is 3.55. The second kappa shape index (κ2) is 6.45. The van der Waals surface area contributed by atoms with E-state index in [0.717, 1.165) is 18.6 Å². The van der Waals surface area contributed by atoms with E-state index in [1.54, 1.807) is 0 Å². The average Bonchev–Trinajstić information content (AvgIpc) is 2.39. The zero-order chi connectivity index (χ0) is 15.4. The van der Waals surface area contributed by atoms with E-state index in [9.17, 15) is 19.3 Å². The number of benzene rings is 1. The Hall–Kier alpha value is -1.98. The molecule has 2 atom stereocenters. The molecular weight excluding hydrogens is 263 g/mol. The summed E-state index contributed by atoms with van der Waals surface area (Å²) in [6.07, 6.45) is 0.873. The number of amides is 1. The number of hydrogen-bond acceptors (Lipinski definition) is 3. The number of aryl methyl sites for hydroxylation is 1. The Morgan fingerprint density at radius 3 is 2.55 bits per heavy atom. The van der Waals surface area contributed by atoms with Gasteiger partial charge in [-0.15, -0.1) is 0 Å². The molecule has 1 rings (SSSR count). The molecule has 2 unspecified atom stereocenters. The van der Waals surface area contributed by atoms with Crippen LogP contribution in [0.3, 0.4) is 0 Å². The number of nitro benzene ring substituents is 1. The van der Waals surface area contributed by atoms with Gasteiger partial charge in [-0.2, -0.15) is 0 Å². The number of carbonyl (C=O) groups is 1. The molecule has 0 saturated heterocycles. The highest BCUT2D eigenvalue weighted by Gasteiger charge is 2.21. The number of non-ortho nitro benzene ring substituents is 1. The van der Waals surface area contributed by atoms with Crippen molar-refractivity contribution in [2.45, 2.75) is 40.2 Å². The quantitative estimate of drug-likeness (QED) is 0.665. The lowest BCUT2D eigenvalue weighted by molar-refractivity contribution is -0.385. The maximum Gasteiger partial charge on any atom is 0.270 e. The van der Waals surface area contributed by atoms with Crippen LogP contribution in [0.1, 0.15) is 43.1 Å². The molecule has 1 aromatic rings. The minimum atomic E-state index is -0.718. The van der Waals surface area contributed by atoms with Gasteiger partial charge in [-0.05, 0) is 25.3 Å². The maximum absolute atomic E-state index is 13.9. The molecule has 20 heavy (non-hydrogen) atoms. The van der Waals surface area contributed by atoms with Crippen LogP contribution in [0, 0.1) is 28.8 Å². The normalized spacial score (nSPS) is 13.7. The first-order valence-corrected chi connectivity index (χ1v) is 6.53. The Bertz CT molecular complexity index is 531. The standard InChI is InChI=1S/C14H19FN2O3/c1-5-8(2)10(4)16-14(18)12-7-11(17(19)20)6-9(3)13(12)15/h6-8,10H,5H2,1-4H3,(H,16,18). The van der Waals surface area contributed by atoms with Gasteiger partial charge in [0.05, 0.1) is 10.5 Å². The lowest BCUT2D eigenvalue weighted by atomic mass is 10.00. The van der Waals surface area contributed by atoms with Crippen molar-refractivity contribution in [3.8, 4) is 0 Å². The molecule has 0 aliphatic heterocycles. The fourth-order valence-corrected chi connectivity index (χ4v) is 1.80. The summed E-state index contributed by atoms with van der Waals surface area (Å²) in [5, 5.41) is 13.4. The Kier molecular flexibility index (Phi) is 5.19. The highest BCUT2D eigenvalue weighted by atomic mass is 19.1. The zero-order valence-electron chi connectivity index (χ0n) is 12.1. The summed E-state index contributed by atoms with van der Waals surface area (Å²) in [5.74, 6) is -1.10. The topological polar surface area (TPSA) is 72.2 Å². The fraction of sp³-hybridized carbons (Fsp3) is 0.500. The summed E-state index contributed by atoms with van der Waals surface area (Å²) in [7, 11) is 0. The molecule has 6 heteroatoms. The van der Waals surface area contributed by atoms with Crippen molar-refractivity contribution in [2.24, 2.45) is 5.92 Å². The highest BCUT2D eigenvalue weighted by molar-refractivity contribution is 5.95. The van der Waals surface area contributed by atoms with Crippen LogP contribution in [0.4, 0.5) is 10.1 Å². The van der Waals surface area contributed by atoms with Crippen molar-refractivity contribution in [1.82, 2.24) is 5.32 Å². The number of hydrogen-bond donors (Lipinski definition) is 1. The number of nitrogens with zero attached hydrogens (tertiary/aromatic N) is 1. The molecule has 0 aromatic heterocycles. The Morgan fingerprint density at radius 2 is 2.05 bits per heavy atom. The van der Waals surface area contributed by atoms with Gasteiger partial charge >= 0.3 is 0 Å². The Labute approximate surface area is 117 Å². The molecule has 0 heterocycles. The summed E-state index contributed by atoms with van der Waals surface area (Å²) < 4.78 is 13.9. The molecular formula is C14H19FN2O3. The molecule has 1 N–H and O–H groups in total. The number of carbonyl (C=O) groups excluding carboxylic acids is 1. The van der Waals surface area contributed by atoms with Crippen LogP contribution >= 0.6 is 0 Å². The molecule has 0 aliphatic carbocycles. The van der Waals surface area contributed by atoms with Crippen LogP contribution in [0.15, 0.2) is 12.1 Å². The minimum Gasteiger partial charge on any atom is -0.349 e. The van der Waals surface area contributed by atoms with Crippen LogP contribution in [0.2, 0.25) is 0 Å². The fourth-order valence-electron chi connectivity index (χ4n) is 1.80. The van der Waals surface area contributed by atoms with Crippen molar-refractivity contribution >= 4 is 11.6 Å². The summed E-state index contributed by atoms with van der Waals surface area (Å²) in [5.41, 5.74) is -0.488. The van der Waals surface area contributed by atoms with Crippen LogP contribution in [-0.4, -0.2) is 16.9 Å². The smallest absolute Gasteiger partial charge is 0.270 e. The van der Waals surface area contributed by atoms with Gasteiger partial charge in [0.1, 0.15) is 5.82 Å². The third kappa shape index (κ3) is 3.53. The second-order valence-corrected chi connectivity index (χ2v) is 5.03. The molecule has 0 bridgehead atoms. The molecule has 0 aliphatic rings. The molecule has 0 fully saturated rings. The van der Waals surface area contributed by atoms with Crippen LogP contribution < -0.4 is 5.32 Å². The summed E-state index contributed by atoms with van der Waals surface area (Å²) in [4.78, 5) is 22.2. The molecule has 0 saturated carbocycles. The maximum atomic E-state index is 13.9. The van der Waals surface area contributed by atoms with E-state index in [1.165, 1.54) is 6.92 Å². The zero-order valence-corrected chi connectivity index (χ0v) is 12.1. The van der Waals surface area contributed by atoms with E-state index in [0.29, 0.717) is 0 Å². The number of rotatable bonds is 5. The van der Waals surface area contributed by atoms with Gasteiger partial charge in [-0.25, -0.2) is 4.39 Å². The monoisotopic (exact) mass is 282 g/mol. The average molecular weight is 282 g/mol. The first kappa shape index (κ1) is 16.1. The van der Waals surface area contributed by atoms with E-state index in [4.69, 9.17) is 0 Å². The van der Waals surface area contributed by atoms with Crippen molar-refractivity contribution < 1.29 is 14.1 Å². The van der Waals surface area contributed by atoms with Gasteiger partial charge in [-0.3, -0.25) is 14.9 Å². The SMILES string of the molecule is CCC(C)C(C)NC(=O)c1cc([N+](=O)[O-])cc(C)c1F. The van der Waals surface area contributed by atoms with Gasteiger partial charge in [0.2, 0.25) is 0 Å². The lowest BCUT2D eigenvalue weighted by Gasteiger charge is -2.20.